The minimum absolute atomic E-state index is 0. The van der Waals surface area contributed by atoms with Gasteiger partial charge in [-0.1, -0.05) is 6.07 Å². The molecule has 1 aliphatic heterocycles. The lowest BCUT2D eigenvalue weighted by Gasteiger charge is -2.31. The standard InChI is InChI=1S/C13H17F3N2.2ClH/c14-13(15,16)11-5-4-10(9-17)12(8-11)18-6-2-1-3-7-18;;/h4-5,8H,1-3,6-7,9,17H2;2*1H. The highest BCUT2D eigenvalue weighted by Crippen LogP contribution is 2.34. The lowest BCUT2D eigenvalue weighted by Crippen LogP contribution is -2.30. The molecule has 1 aliphatic rings. The lowest BCUT2D eigenvalue weighted by atomic mass is 10.0. The Morgan fingerprint density at radius 2 is 1.65 bits per heavy atom. The van der Waals surface area contributed by atoms with Gasteiger partial charge in [-0.2, -0.15) is 13.2 Å². The third kappa shape index (κ3) is 4.43. The molecular weight excluding hydrogens is 312 g/mol. The first-order valence-electron chi connectivity index (χ1n) is 6.17. The predicted octanol–water partition coefficient (Wildman–Crippen LogP) is 4.00. The molecule has 2 N–H and O–H groups in total. The summed E-state index contributed by atoms with van der Waals surface area (Å²) >= 11 is 0. The van der Waals surface area contributed by atoms with Gasteiger partial charge in [-0.05, 0) is 37.0 Å². The van der Waals surface area contributed by atoms with Crippen LogP contribution in [0.3, 0.4) is 0 Å². The summed E-state index contributed by atoms with van der Waals surface area (Å²) in [5, 5.41) is 0. The molecule has 0 amide bonds. The van der Waals surface area contributed by atoms with Crippen molar-refractivity contribution < 1.29 is 13.2 Å². The molecule has 2 rings (SSSR count). The first-order chi connectivity index (χ1) is 8.52. The van der Waals surface area contributed by atoms with E-state index in [0.717, 1.165) is 44.0 Å². The smallest absolute Gasteiger partial charge is 0.371 e. The van der Waals surface area contributed by atoms with Gasteiger partial charge in [-0.3, -0.25) is 0 Å². The highest BCUT2D eigenvalue weighted by molar-refractivity contribution is 5.85. The molecule has 1 saturated heterocycles. The van der Waals surface area contributed by atoms with E-state index in [9.17, 15) is 13.2 Å². The van der Waals surface area contributed by atoms with Crippen LogP contribution in [-0.4, -0.2) is 13.1 Å². The Morgan fingerprint density at radius 3 is 2.15 bits per heavy atom. The molecular formula is C13H19Cl2F3N2. The Labute approximate surface area is 129 Å². The fourth-order valence-electron chi connectivity index (χ4n) is 2.34. The highest BCUT2D eigenvalue weighted by atomic mass is 35.5. The second kappa shape index (κ2) is 7.96. The van der Waals surface area contributed by atoms with Gasteiger partial charge >= 0.3 is 6.18 Å². The van der Waals surface area contributed by atoms with E-state index in [1.807, 2.05) is 4.90 Å². The summed E-state index contributed by atoms with van der Waals surface area (Å²) in [5.41, 5.74) is 6.44. The number of alkyl halides is 3. The number of nitrogens with zero attached hydrogens (tertiary/aromatic N) is 1. The number of rotatable bonds is 2. The quantitative estimate of drug-likeness (QED) is 0.888. The summed E-state index contributed by atoms with van der Waals surface area (Å²) in [6.07, 6.45) is -1.09. The third-order valence-corrected chi connectivity index (χ3v) is 3.33. The third-order valence-electron chi connectivity index (χ3n) is 3.33. The van der Waals surface area contributed by atoms with Crippen molar-refractivity contribution in [3.63, 3.8) is 0 Å². The molecule has 1 heterocycles. The summed E-state index contributed by atoms with van der Waals surface area (Å²) in [7, 11) is 0. The molecule has 0 bridgehead atoms. The second-order valence-corrected chi connectivity index (χ2v) is 4.59. The summed E-state index contributed by atoms with van der Waals surface area (Å²) in [4.78, 5) is 2.01. The molecule has 0 saturated carbocycles. The summed E-state index contributed by atoms with van der Waals surface area (Å²) < 4.78 is 38.2. The molecule has 1 fully saturated rings. The maximum atomic E-state index is 12.7. The van der Waals surface area contributed by atoms with E-state index in [4.69, 9.17) is 5.73 Å². The fraction of sp³-hybridized carbons (Fsp3) is 0.538. The van der Waals surface area contributed by atoms with Crippen LogP contribution in [0.25, 0.3) is 0 Å². The maximum Gasteiger partial charge on any atom is 0.416 e. The summed E-state index contributed by atoms with van der Waals surface area (Å²) in [6, 6.07) is 3.83. The number of halogens is 5. The topological polar surface area (TPSA) is 29.3 Å². The second-order valence-electron chi connectivity index (χ2n) is 4.59. The Kier molecular flexibility index (Phi) is 7.70. The van der Waals surface area contributed by atoms with Crippen LogP contribution in [-0.2, 0) is 12.7 Å². The van der Waals surface area contributed by atoms with Gasteiger partial charge in [0.2, 0.25) is 0 Å². The molecule has 7 heteroatoms. The fourth-order valence-corrected chi connectivity index (χ4v) is 2.34. The van der Waals surface area contributed by atoms with E-state index in [0.29, 0.717) is 5.69 Å². The maximum absolute atomic E-state index is 12.7. The molecule has 0 spiro atoms. The van der Waals surface area contributed by atoms with Crippen molar-refractivity contribution in [3.05, 3.63) is 29.3 Å². The first-order valence-corrected chi connectivity index (χ1v) is 6.17. The number of hydrogen-bond donors (Lipinski definition) is 1. The van der Waals surface area contributed by atoms with Gasteiger partial charge in [0.15, 0.2) is 0 Å². The van der Waals surface area contributed by atoms with Crippen molar-refractivity contribution in [2.75, 3.05) is 18.0 Å². The Morgan fingerprint density at radius 1 is 1.05 bits per heavy atom. The van der Waals surface area contributed by atoms with Crippen LogP contribution in [0.4, 0.5) is 18.9 Å². The van der Waals surface area contributed by atoms with Gasteiger partial charge in [0, 0.05) is 25.3 Å². The van der Waals surface area contributed by atoms with Gasteiger partial charge in [0.05, 0.1) is 5.56 Å². The minimum Gasteiger partial charge on any atom is -0.371 e. The number of benzene rings is 1. The van der Waals surface area contributed by atoms with E-state index in [1.165, 1.54) is 12.1 Å². The number of nitrogens with two attached hydrogens (primary N) is 1. The molecule has 0 atom stereocenters. The molecule has 20 heavy (non-hydrogen) atoms. The molecule has 1 aromatic rings. The van der Waals surface area contributed by atoms with Crippen LogP contribution in [0.2, 0.25) is 0 Å². The molecule has 0 aromatic heterocycles. The summed E-state index contributed by atoms with van der Waals surface area (Å²) in [5.74, 6) is 0. The predicted molar refractivity (Wildman–Crippen MR) is 79.9 cm³/mol. The number of anilines is 1. The van der Waals surface area contributed by atoms with Crippen LogP contribution in [0, 0.1) is 0 Å². The monoisotopic (exact) mass is 330 g/mol. The Hall–Kier alpha value is -0.650. The van der Waals surface area contributed by atoms with Gasteiger partial charge in [-0.15, -0.1) is 24.8 Å². The van der Waals surface area contributed by atoms with Crippen LogP contribution in [0.1, 0.15) is 30.4 Å². The van der Waals surface area contributed by atoms with Gasteiger partial charge in [-0.25, -0.2) is 0 Å². The van der Waals surface area contributed by atoms with E-state index in [1.54, 1.807) is 0 Å². The van der Waals surface area contributed by atoms with Crippen LogP contribution < -0.4 is 10.6 Å². The van der Waals surface area contributed by atoms with E-state index in [2.05, 4.69) is 0 Å². The average molecular weight is 331 g/mol. The summed E-state index contributed by atoms with van der Waals surface area (Å²) in [6.45, 7) is 1.90. The van der Waals surface area contributed by atoms with Crippen molar-refractivity contribution in [3.8, 4) is 0 Å². The average Bonchev–Trinajstić information content (AvgIpc) is 2.38. The van der Waals surface area contributed by atoms with Gasteiger partial charge < -0.3 is 10.6 Å². The molecule has 1 aromatic carbocycles. The van der Waals surface area contributed by atoms with Gasteiger partial charge in [0.1, 0.15) is 0 Å². The lowest BCUT2D eigenvalue weighted by molar-refractivity contribution is -0.137. The van der Waals surface area contributed by atoms with Crippen molar-refractivity contribution in [1.29, 1.82) is 0 Å². The molecule has 0 unspecified atom stereocenters. The minimum atomic E-state index is -4.29. The van der Waals surface area contributed by atoms with Crippen LogP contribution in [0.15, 0.2) is 18.2 Å². The largest absolute Gasteiger partial charge is 0.416 e. The molecule has 0 aliphatic carbocycles. The zero-order valence-corrected chi connectivity index (χ0v) is 12.6. The van der Waals surface area contributed by atoms with Crippen LogP contribution in [0.5, 0.6) is 0 Å². The van der Waals surface area contributed by atoms with Crippen molar-refractivity contribution in [2.24, 2.45) is 5.73 Å². The number of piperidine rings is 1. The zero-order valence-electron chi connectivity index (χ0n) is 10.9. The molecule has 0 radical (unpaired) electrons. The van der Waals surface area contributed by atoms with Gasteiger partial charge in [0.25, 0.3) is 0 Å². The SMILES string of the molecule is Cl.Cl.NCc1ccc(C(F)(F)F)cc1N1CCCCC1. The van der Waals surface area contributed by atoms with Crippen molar-refractivity contribution >= 4 is 30.5 Å². The highest BCUT2D eigenvalue weighted by Gasteiger charge is 2.31. The van der Waals surface area contributed by atoms with E-state index >= 15 is 0 Å². The number of hydrogen-bond acceptors (Lipinski definition) is 2. The van der Waals surface area contributed by atoms with Crippen molar-refractivity contribution in [2.45, 2.75) is 32.0 Å². The van der Waals surface area contributed by atoms with Crippen molar-refractivity contribution in [1.82, 2.24) is 0 Å². The normalized spacial score (nSPS) is 15.3. The Balaban J connectivity index is 0.00000180. The molecule has 116 valence electrons. The van der Waals surface area contributed by atoms with E-state index < -0.39 is 11.7 Å². The van der Waals surface area contributed by atoms with Crippen LogP contribution >= 0.6 is 24.8 Å². The first kappa shape index (κ1) is 19.4. The Bertz CT molecular complexity index is 419. The zero-order chi connectivity index (χ0) is 13.2. The van der Waals surface area contributed by atoms with E-state index in [-0.39, 0.29) is 31.4 Å². The molecule has 2 nitrogen and oxygen atoms in total.